The third kappa shape index (κ3) is 5.46. The summed E-state index contributed by atoms with van der Waals surface area (Å²) in [6, 6.07) is 1.44. The van der Waals surface area contributed by atoms with Crippen LogP contribution in [0.2, 0.25) is 0 Å². The van der Waals surface area contributed by atoms with Gasteiger partial charge >= 0.3 is 0 Å². The number of ether oxygens (including phenoxy) is 1. The van der Waals surface area contributed by atoms with Gasteiger partial charge in [-0.15, -0.1) is 0 Å². The number of pyridine rings is 1. The fourth-order valence-corrected chi connectivity index (χ4v) is 3.67. The molecule has 2 aliphatic carbocycles. The summed E-state index contributed by atoms with van der Waals surface area (Å²) in [5, 5.41) is 5.67. The molecule has 0 aliphatic heterocycles. The second-order valence-electron chi connectivity index (χ2n) is 8.08. The molecule has 0 aromatic carbocycles. The van der Waals surface area contributed by atoms with Crippen LogP contribution in [0, 0.1) is 5.92 Å². The molecule has 1 aromatic heterocycles. The minimum atomic E-state index is -0.563. The number of rotatable bonds is 10. The van der Waals surface area contributed by atoms with Gasteiger partial charge in [-0.25, -0.2) is 4.98 Å². The number of nitrogens with one attached hydrogen (secondary N) is 2. The molecule has 0 radical (unpaired) electrons. The molecule has 28 heavy (non-hydrogen) atoms. The maximum atomic E-state index is 12.9. The van der Waals surface area contributed by atoms with Crippen LogP contribution in [-0.2, 0) is 4.79 Å². The summed E-state index contributed by atoms with van der Waals surface area (Å²) in [5.41, 5.74) is 1.44. The zero-order chi connectivity index (χ0) is 19.9. The van der Waals surface area contributed by atoms with E-state index in [-0.39, 0.29) is 17.5 Å². The molecule has 2 saturated carbocycles. The van der Waals surface area contributed by atoms with Crippen LogP contribution in [0.15, 0.2) is 12.3 Å². The summed E-state index contributed by atoms with van der Waals surface area (Å²) >= 11 is 0. The van der Waals surface area contributed by atoms with E-state index < -0.39 is 6.04 Å². The first-order chi connectivity index (χ1) is 13.6. The van der Waals surface area contributed by atoms with E-state index in [4.69, 9.17) is 4.74 Å². The zero-order valence-corrected chi connectivity index (χ0v) is 17.1. The maximum absolute atomic E-state index is 12.9. The number of carbonyl (C=O) groups is 2. The smallest absolute Gasteiger partial charge is 0.274 e. The fraction of sp³-hybridized carbons (Fsp3) is 0.682. The lowest BCUT2D eigenvalue weighted by molar-refractivity contribution is -0.123. The monoisotopic (exact) mass is 387 g/mol. The predicted octanol–water partition coefficient (Wildman–Crippen LogP) is 3.56. The first kappa shape index (κ1) is 20.6. The quantitative estimate of drug-likeness (QED) is 0.643. The Balaban J connectivity index is 1.73. The number of amides is 2. The maximum Gasteiger partial charge on any atom is 0.274 e. The van der Waals surface area contributed by atoms with E-state index in [1.807, 2.05) is 26.1 Å². The first-order valence-electron chi connectivity index (χ1n) is 10.8. The summed E-state index contributed by atoms with van der Waals surface area (Å²) in [6.07, 6.45) is 10.4. The highest BCUT2D eigenvalue weighted by Crippen LogP contribution is 2.36. The first-order valence-corrected chi connectivity index (χ1v) is 10.8. The van der Waals surface area contributed by atoms with E-state index in [1.54, 1.807) is 0 Å². The van der Waals surface area contributed by atoms with Gasteiger partial charge in [0, 0.05) is 12.7 Å². The second-order valence-corrected chi connectivity index (χ2v) is 8.08. The van der Waals surface area contributed by atoms with Crippen LogP contribution in [0.5, 0.6) is 5.75 Å². The molecule has 6 heteroatoms. The van der Waals surface area contributed by atoms with E-state index in [2.05, 4.69) is 15.6 Å². The van der Waals surface area contributed by atoms with E-state index in [1.165, 1.54) is 38.5 Å². The van der Waals surface area contributed by atoms with Gasteiger partial charge in [0.25, 0.3) is 5.91 Å². The predicted molar refractivity (Wildman–Crippen MR) is 109 cm³/mol. The summed E-state index contributed by atoms with van der Waals surface area (Å²) in [4.78, 5) is 29.6. The van der Waals surface area contributed by atoms with E-state index in [0.717, 1.165) is 12.0 Å². The molecule has 2 aliphatic rings. The van der Waals surface area contributed by atoms with Crippen molar-refractivity contribution in [3.63, 3.8) is 0 Å². The fourth-order valence-electron chi connectivity index (χ4n) is 3.67. The molecule has 2 fully saturated rings. The summed E-state index contributed by atoms with van der Waals surface area (Å²) in [7, 11) is 0. The Kier molecular flexibility index (Phi) is 7.29. The van der Waals surface area contributed by atoms with Crippen LogP contribution in [0.25, 0.3) is 0 Å². The molecule has 154 valence electrons. The summed E-state index contributed by atoms with van der Waals surface area (Å²) < 4.78 is 6.00. The average Bonchev–Trinajstić information content (AvgIpc) is 3.38. The minimum Gasteiger partial charge on any atom is -0.491 e. The summed E-state index contributed by atoms with van der Waals surface area (Å²) in [5.74, 6) is 1.16. The standard InChI is InChI=1S/C22H33N3O3/c1-3-11-23-21(26)18(4-2)25-22(27)20-19(28-14-15-9-10-15)12-17(13-24-20)16-7-5-6-8-16/h12-13,15-16,18H,3-11,14H2,1-2H3,(H,23,26)(H,25,27). The number of nitrogens with zero attached hydrogens (tertiary/aromatic N) is 1. The third-order valence-corrected chi connectivity index (χ3v) is 5.67. The Morgan fingerprint density at radius 3 is 2.61 bits per heavy atom. The molecule has 2 N–H and O–H groups in total. The molecular weight excluding hydrogens is 354 g/mol. The number of hydrogen-bond acceptors (Lipinski definition) is 4. The van der Waals surface area contributed by atoms with Crippen molar-refractivity contribution in [1.82, 2.24) is 15.6 Å². The number of carbonyl (C=O) groups excluding carboxylic acids is 2. The van der Waals surface area contributed by atoms with Gasteiger partial charge in [-0.2, -0.15) is 0 Å². The molecule has 3 rings (SSSR count). The summed E-state index contributed by atoms with van der Waals surface area (Å²) in [6.45, 7) is 5.12. The Morgan fingerprint density at radius 2 is 1.96 bits per heavy atom. The lowest BCUT2D eigenvalue weighted by Gasteiger charge is -2.18. The van der Waals surface area contributed by atoms with Crippen LogP contribution < -0.4 is 15.4 Å². The molecule has 1 atom stereocenters. The Morgan fingerprint density at radius 1 is 1.21 bits per heavy atom. The van der Waals surface area contributed by atoms with Crippen molar-refractivity contribution >= 4 is 11.8 Å². The van der Waals surface area contributed by atoms with Gasteiger partial charge in [0.15, 0.2) is 11.4 Å². The highest BCUT2D eigenvalue weighted by atomic mass is 16.5. The van der Waals surface area contributed by atoms with Crippen molar-refractivity contribution < 1.29 is 14.3 Å². The van der Waals surface area contributed by atoms with E-state index in [0.29, 0.717) is 37.2 Å². The van der Waals surface area contributed by atoms with Crippen molar-refractivity contribution in [2.75, 3.05) is 13.2 Å². The van der Waals surface area contributed by atoms with E-state index in [9.17, 15) is 9.59 Å². The zero-order valence-electron chi connectivity index (χ0n) is 17.1. The van der Waals surface area contributed by atoms with Crippen LogP contribution >= 0.6 is 0 Å². The molecule has 0 bridgehead atoms. The van der Waals surface area contributed by atoms with Crippen molar-refractivity contribution in [3.8, 4) is 5.75 Å². The largest absolute Gasteiger partial charge is 0.491 e. The molecule has 2 amide bonds. The average molecular weight is 388 g/mol. The van der Waals surface area contributed by atoms with Gasteiger partial charge in [0.2, 0.25) is 5.91 Å². The van der Waals surface area contributed by atoms with Gasteiger partial charge in [0.1, 0.15) is 6.04 Å². The molecule has 6 nitrogen and oxygen atoms in total. The SMILES string of the molecule is CCCNC(=O)C(CC)NC(=O)c1ncc(C2CCCC2)cc1OCC1CC1. The molecule has 1 unspecified atom stereocenters. The van der Waals surface area contributed by atoms with Gasteiger partial charge in [-0.1, -0.05) is 26.7 Å². The molecule has 0 spiro atoms. The van der Waals surface area contributed by atoms with Gasteiger partial charge in [0.05, 0.1) is 6.61 Å². The topological polar surface area (TPSA) is 80.3 Å². The van der Waals surface area contributed by atoms with Gasteiger partial charge in [-0.05, 0) is 62.0 Å². The van der Waals surface area contributed by atoms with E-state index >= 15 is 0 Å². The van der Waals surface area contributed by atoms with Crippen LogP contribution in [-0.4, -0.2) is 36.0 Å². The number of aromatic nitrogens is 1. The molecule has 1 heterocycles. The second kappa shape index (κ2) is 9.89. The van der Waals surface area contributed by atoms with Crippen molar-refractivity contribution in [2.24, 2.45) is 5.92 Å². The highest BCUT2D eigenvalue weighted by Gasteiger charge is 2.27. The third-order valence-electron chi connectivity index (χ3n) is 5.67. The highest BCUT2D eigenvalue weighted by molar-refractivity contribution is 5.98. The van der Waals surface area contributed by atoms with Gasteiger partial charge < -0.3 is 15.4 Å². The Labute approximate surface area is 167 Å². The minimum absolute atomic E-state index is 0.152. The molecule has 1 aromatic rings. The lowest BCUT2D eigenvalue weighted by atomic mass is 9.99. The van der Waals surface area contributed by atoms with Crippen LogP contribution in [0.4, 0.5) is 0 Å². The molecule has 0 saturated heterocycles. The van der Waals surface area contributed by atoms with Crippen molar-refractivity contribution in [1.29, 1.82) is 0 Å². The Bertz CT molecular complexity index is 682. The molecular formula is C22H33N3O3. The lowest BCUT2D eigenvalue weighted by Crippen LogP contribution is -2.46. The van der Waals surface area contributed by atoms with Crippen LogP contribution in [0.1, 0.15) is 87.2 Å². The normalized spacial score (nSPS) is 17.9. The van der Waals surface area contributed by atoms with Crippen molar-refractivity contribution in [2.45, 2.75) is 77.2 Å². The van der Waals surface area contributed by atoms with Crippen molar-refractivity contribution in [3.05, 3.63) is 23.5 Å². The Hall–Kier alpha value is -2.11. The number of hydrogen-bond donors (Lipinski definition) is 2. The van der Waals surface area contributed by atoms with Gasteiger partial charge in [-0.3, -0.25) is 9.59 Å². The van der Waals surface area contributed by atoms with Crippen LogP contribution in [0.3, 0.4) is 0 Å².